The molecule has 1 amide bonds. The van der Waals surface area contributed by atoms with E-state index >= 15 is 0 Å². The fourth-order valence-electron chi connectivity index (χ4n) is 2.30. The van der Waals surface area contributed by atoms with Gasteiger partial charge in [-0.1, -0.05) is 31.2 Å². The zero-order valence-electron chi connectivity index (χ0n) is 11.6. The molecule has 0 aliphatic carbocycles. The van der Waals surface area contributed by atoms with Crippen molar-refractivity contribution in [1.29, 1.82) is 0 Å². The summed E-state index contributed by atoms with van der Waals surface area (Å²) >= 11 is 0. The molecule has 0 radical (unpaired) electrons. The first-order chi connectivity index (χ1) is 9.20. The van der Waals surface area contributed by atoms with Crippen molar-refractivity contribution in [2.45, 2.75) is 26.7 Å². The summed E-state index contributed by atoms with van der Waals surface area (Å²) in [5.74, 6) is 1.36. The highest BCUT2D eigenvalue weighted by molar-refractivity contribution is 5.92. The van der Waals surface area contributed by atoms with Gasteiger partial charge in [-0.05, 0) is 31.4 Å². The summed E-state index contributed by atoms with van der Waals surface area (Å²) < 4.78 is 5.71. The Morgan fingerprint density at radius 2 is 2.26 bits per heavy atom. The standard InChI is InChI=1S/C16H21NO2/c1-3-6-12(2)16(18)17-10-13-9-14-7-4-5-8-15(14)19-11-13/h4-8,13H,3,9-11H2,1-2H3,(H,17,18)/b12-6+. The molecule has 0 bridgehead atoms. The molecule has 1 aliphatic heterocycles. The zero-order chi connectivity index (χ0) is 13.7. The van der Waals surface area contributed by atoms with Crippen LogP contribution >= 0.6 is 0 Å². The van der Waals surface area contributed by atoms with Crippen LogP contribution in [-0.2, 0) is 11.2 Å². The maximum absolute atomic E-state index is 11.8. The Labute approximate surface area is 114 Å². The van der Waals surface area contributed by atoms with Gasteiger partial charge in [-0.3, -0.25) is 4.79 Å². The first kappa shape index (κ1) is 13.7. The van der Waals surface area contributed by atoms with E-state index in [1.165, 1.54) is 5.56 Å². The molecule has 1 heterocycles. The average Bonchev–Trinajstić information content (AvgIpc) is 2.44. The van der Waals surface area contributed by atoms with E-state index in [9.17, 15) is 4.79 Å². The van der Waals surface area contributed by atoms with Crippen molar-refractivity contribution in [2.24, 2.45) is 5.92 Å². The number of hydrogen-bond acceptors (Lipinski definition) is 2. The summed E-state index contributed by atoms with van der Waals surface area (Å²) in [5.41, 5.74) is 2.02. The molecule has 3 nitrogen and oxygen atoms in total. The van der Waals surface area contributed by atoms with Gasteiger partial charge in [0, 0.05) is 18.0 Å². The van der Waals surface area contributed by atoms with Gasteiger partial charge in [0.1, 0.15) is 5.75 Å². The molecule has 1 atom stereocenters. The van der Waals surface area contributed by atoms with Crippen molar-refractivity contribution in [3.8, 4) is 5.75 Å². The number of amides is 1. The molecule has 1 aromatic carbocycles. The molecule has 1 aliphatic rings. The first-order valence-electron chi connectivity index (χ1n) is 6.86. The van der Waals surface area contributed by atoms with Crippen molar-refractivity contribution in [3.05, 3.63) is 41.5 Å². The molecule has 0 spiro atoms. The number of nitrogens with one attached hydrogen (secondary N) is 1. The van der Waals surface area contributed by atoms with Crippen LogP contribution in [0.15, 0.2) is 35.9 Å². The summed E-state index contributed by atoms with van der Waals surface area (Å²) in [6.45, 7) is 5.23. The minimum absolute atomic E-state index is 0.0284. The van der Waals surface area contributed by atoms with Gasteiger partial charge >= 0.3 is 0 Å². The average molecular weight is 259 g/mol. The number of carbonyl (C=O) groups is 1. The van der Waals surface area contributed by atoms with Crippen LogP contribution in [0.3, 0.4) is 0 Å². The van der Waals surface area contributed by atoms with Crippen LogP contribution in [0, 0.1) is 5.92 Å². The third-order valence-electron chi connectivity index (χ3n) is 3.38. The largest absolute Gasteiger partial charge is 0.493 e. The Morgan fingerprint density at radius 1 is 1.47 bits per heavy atom. The Bertz CT molecular complexity index is 479. The summed E-state index contributed by atoms with van der Waals surface area (Å²) in [4.78, 5) is 11.8. The van der Waals surface area contributed by atoms with Crippen LogP contribution in [0.2, 0.25) is 0 Å². The fourth-order valence-corrected chi connectivity index (χ4v) is 2.30. The molecule has 19 heavy (non-hydrogen) atoms. The van der Waals surface area contributed by atoms with Crippen LogP contribution < -0.4 is 10.1 Å². The number of rotatable bonds is 4. The number of ether oxygens (including phenoxy) is 1. The number of para-hydroxylation sites is 1. The molecule has 0 fully saturated rings. The van der Waals surface area contributed by atoms with Crippen molar-refractivity contribution < 1.29 is 9.53 Å². The van der Waals surface area contributed by atoms with E-state index in [1.54, 1.807) is 0 Å². The molecule has 0 saturated heterocycles. The van der Waals surface area contributed by atoms with Crippen molar-refractivity contribution in [1.82, 2.24) is 5.32 Å². The molecule has 0 saturated carbocycles. The Morgan fingerprint density at radius 3 is 3.05 bits per heavy atom. The minimum Gasteiger partial charge on any atom is -0.493 e. The van der Waals surface area contributed by atoms with Crippen LogP contribution in [0.5, 0.6) is 5.75 Å². The lowest BCUT2D eigenvalue weighted by Crippen LogP contribution is -2.35. The number of hydrogen-bond donors (Lipinski definition) is 1. The monoisotopic (exact) mass is 259 g/mol. The third kappa shape index (κ3) is 3.60. The van der Waals surface area contributed by atoms with Gasteiger partial charge < -0.3 is 10.1 Å². The molecule has 3 heteroatoms. The lowest BCUT2D eigenvalue weighted by Gasteiger charge is -2.25. The van der Waals surface area contributed by atoms with Crippen LogP contribution in [0.1, 0.15) is 25.8 Å². The van der Waals surface area contributed by atoms with E-state index in [0.29, 0.717) is 19.1 Å². The lowest BCUT2D eigenvalue weighted by molar-refractivity contribution is -0.117. The van der Waals surface area contributed by atoms with Gasteiger partial charge in [-0.25, -0.2) is 0 Å². The maximum Gasteiger partial charge on any atom is 0.246 e. The van der Waals surface area contributed by atoms with E-state index < -0.39 is 0 Å². The van der Waals surface area contributed by atoms with Gasteiger partial charge in [-0.15, -0.1) is 0 Å². The van der Waals surface area contributed by atoms with Gasteiger partial charge in [0.15, 0.2) is 0 Å². The lowest BCUT2D eigenvalue weighted by atomic mass is 9.96. The summed E-state index contributed by atoms with van der Waals surface area (Å²) in [6, 6.07) is 8.10. The predicted molar refractivity (Wildman–Crippen MR) is 76.2 cm³/mol. The first-order valence-corrected chi connectivity index (χ1v) is 6.86. The highest BCUT2D eigenvalue weighted by atomic mass is 16.5. The van der Waals surface area contributed by atoms with Crippen LogP contribution in [0.4, 0.5) is 0 Å². The molecule has 1 unspecified atom stereocenters. The van der Waals surface area contributed by atoms with E-state index in [1.807, 2.05) is 38.1 Å². The van der Waals surface area contributed by atoms with Crippen LogP contribution in [-0.4, -0.2) is 19.1 Å². The van der Waals surface area contributed by atoms with E-state index in [4.69, 9.17) is 4.74 Å². The molecular weight excluding hydrogens is 238 g/mol. The molecule has 0 aromatic heterocycles. The normalized spacial score (nSPS) is 18.4. The van der Waals surface area contributed by atoms with Crippen molar-refractivity contribution >= 4 is 5.91 Å². The Hall–Kier alpha value is -1.77. The highest BCUT2D eigenvalue weighted by Crippen LogP contribution is 2.26. The minimum atomic E-state index is 0.0284. The van der Waals surface area contributed by atoms with Gasteiger partial charge in [0.05, 0.1) is 6.61 Å². The second kappa shape index (κ2) is 6.41. The summed E-state index contributed by atoms with van der Waals surface area (Å²) in [5, 5.41) is 2.98. The summed E-state index contributed by atoms with van der Waals surface area (Å²) in [7, 11) is 0. The third-order valence-corrected chi connectivity index (χ3v) is 3.38. The number of allylic oxidation sites excluding steroid dienone is 1. The molecular formula is C16H21NO2. The van der Waals surface area contributed by atoms with Crippen molar-refractivity contribution in [2.75, 3.05) is 13.2 Å². The topological polar surface area (TPSA) is 38.3 Å². The smallest absolute Gasteiger partial charge is 0.246 e. The van der Waals surface area contributed by atoms with Crippen LogP contribution in [0.25, 0.3) is 0 Å². The molecule has 1 aromatic rings. The molecule has 102 valence electrons. The van der Waals surface area contributed by atoms with Gasteiger partial charge in [0.25, 0.3) is 0 Å². The van der Waals surface area contributed by atoms with E-state index in [0.717, 1.165) is 24.2 Å². The molecule has 2 rings (SSSR count). The van der Waals surface area contributed by atoms with E-state index in [-0.39, 0.29) is 5.91 Å². The zero-order valence-corrected chi connectivity index (χ0v) is 11.6. The fraction of sp³-hybridized carbons (Fsp3) is 0.438. The maximum atomic E-state index is 11.8. The van der Waals surface area contributed by atoms with Crippen molar-refractivity contribution in [3.63, 3.8) is 0 Å². The highest BCUT2D eigenvalue weighted by Gasteiger charge is 2.19. The molecule has 1 N–H and O–H groups in total. The second-order valence-corrected chi connectivity index (χ2v) is 4.99. The number of fused-ring (bicyclic) bond motifs is 1. The van der Waals surface area contributed by atoms with E-state index in [2.05, 4.69) is 11.4 Å². The quantitative estimate of drug-likeness (QED) is 0.844. The summed E-state index contributed by atoms with van der Waals surface area (Å²) in [6.07, 6.45) is 3.80. The van der Waals surface area contributed by atoms with Gasteiger partial charge in [-0.2, -0.15) is 0 Å². The second-order valence-electron chi connectivity index (χ2n) is 4.99. The number of carbonyl (C=O) groups excluding carboxylic acids is 1. The predicted octanol–water partition coefficient (Wildman–Crippen LogP) is 2.71. The van der Waals surface area contributed by atoms with Gasteiger partial charge in [0.2, 0.25) is 5.91 Å². The Kier molecular flexibility index (Phi) is 4.61. The Balaban J connectivity index is 1.86. The number of benzene rings is 1. The SMILES string of the molecule is CC/C=C(\C)C(=O)NCC1COc2ccccc2C1.